The van der Waals surface area contributed by atoms with Gasteiger partial charge < -0.3 is 29.7 Å². The molecule has 5 rings (SSSR count). The van der Waals surface area contributed by atoms with Crippen LogP contribution in [-0.2, 0) is 19.2 Å². The van der Waals surface area contributed by atoms with E-state index in [1.54, 1.807) is 23.1 Å². The van der Waals surface area contributed by atoms with Crippen molar-refractivity contribution in [1.29, 1.82) is 0 Å². The smallest absolute Gasteiger partial charge is 0.348 e. The van der Waals surface area contributed by atoms with Crippen LogP contribution in [0.2, 0.25) is 0 Å². The number of carboxylic acids is 2. The zero-order chi connectivity index (χ0) is 41.1. The zero-order valence-corrected chi connectivity index (χ0v) is 34.0. The number of ether oxygens (including phenoxy) is 1. The van der Waals surface area contributed by atoms with E-state index in [1.807, 2.05) is 73.8 Å². The van der Waals surface area contributed by atoms with Gasteiger partial charge in [0.05, 0.1) is 17.1 Å². The van der Waals surface area contributed by atoms with Crippen molar-refractivity contribution < 1.29 is 34.2 Å². The normalized spacial score (nSPS) is 13.7. The number of oxime groups is 1. The molecule has 1 unspecified atom stereocenters. The number of likely N-dealkylation sites (N-methyl/N-ethyl adjacent to an activating group) is 1. The van der Waals surface area contributed by atoms with Crippen molar-refractivity contribution in [3.05, 3.63) is 90.0 Å². The molecule has 11 heteroatoms. The number of hydrogen-bond acceptors (Lipinski definition) is 7. The first kappa shape index (κ1) is 43.4. The number of amides is 1. The number of hydrogen-bond donors (Lipinski definition) is 3. The number of nitrogens with zero attached hydrogens (tertiary/aromatic N) is 3. The predicted molar refractivity (Wildman–Crippen MR) is 229 cm³/mol. The molecule has 3 aromatic carbocycles. The average Bonchev–Trinajstić information content (AvgIpc) is 3.92. The van der Waals surface area contributed by atoms with E-state index in [1.165, 1.54) is 77.0 Å². The molecule has 0 spiro atoms. The minimum absolute atomic E-state index is 0.0182. The number of nitrogens with one attached hydrogen (secondary N) is 1. The predicted octanol–water partition coefficient (Wildman–Crippen LogP) is 10.4. The Bertz CT molecular complexity index is 1970. The Labute approximate surface area is 342 Å². The topological polar surface area (TPSA) is 154 Å². The highest BCUT2D eigenvalue weighted by Crippen LogP contribution is 2.34. The van der Waals surface area contributed by atoms with E-state index < -0.39 is 24.6 Å². The Kier molecular flexibility index (Phi) is 17.1. The maximum Gasteiger partial charge on any atom is 0.348 e. The lowest BCUT2D eigenvalue weighted by Crippen LogP contribution is -2.25. The number of imidazole rings is 1. The Balaban J connectivity index is 1.16. The number of carbonyl (C=O) groups excluding carboxylic acids is 1. The summed E-state index contributed by atoms with van der Waals surface area (Å²) < 4.78 is 5.34. The highest BCUT2D eigenvalue weighted by molar-refractivity contribution is 6.03. The van der Waals surface area contributed by atoms with Gasteiger partial charge in [0.2, 0.25) is 12.0 Å². The van der Waals surface area contributed by atoms with Gasteiger partial charge in [0, 0.05) is 42.8 Å². The number of aliphatic carboxylic acids is 2. The van der Waals surface area contributed by atoms with Crippen molar-refractivity contribution >= 4 is 29.6 Å². The van der Waals surface area contributed by atoms with Crippen molar-refractivity contribution in [2.24, 2.45) is 5.16 Å². The summed E-state index contributed by atoms with van der Waals surface area (Å²) in [5.74, 6) is -1.08. The van der Waals surface area contributed by atoms with Crippen LogP contribution in [0.15, 0.2) is 84.0 Å². The van der Waals surface area contributed by atoms with Gasteiger partial charge in [-0.3, -0.25) is 4.79 Å². The molecule has 0 radical (unpaired) electrons. The highest BCUT2D eigenvalue weighted by Gasteiger charge is 2.28. The number of carbonyl (C=O) groups is 3. The third kappa shape index (κ3) is 13.5. The van der Waals surface area contributed by atoms with Gasteiger partial charge in [0.15, 0.2) is 6.61 Å². The summed E-state index contributed by atoms with van der Waals surface area (Å²) in [5, 5.41) is 22.2. The maximum absolute atomic E-state index is 12.9. The number of unbranched alkanes of at least 4 members (excludes halogenated alkanes) is 13. The van der Waals surface area contributed by atoms with Crippen LogP contribution in [0.1, 0.15) is 114 Å². The van der Waals surface area contributed by atoms with Gasteiger partial charge in [-0.05, 0) is 47.9 Å². The van der Waals surface area contributed by atoms with E-state index in [0.717, 1.165) is 52.9 Å². The summed E-state index contributed by atoms with van der Waals surface area (Å²) in [6.07, 6.45) is 21.0. The average molecular weight is 791 g/mol. The van der Waals surface area contributed by atoms with Gasteiger partial charge in [-0.2, -0.15) is 0 Å². The van der Waals surface area contributed by atoms with Crippen molar-refractivity contribution in [2.75, 3.05) is 20.2 Å². The lowest BCUT2D eigenvalue weighted by Gasteiger charge is -2.14. The fraction of sp³-hybridized carbons (Fsp3) is 0.426. The van der Waals surface area contributed by atoms with E-state index in [2.05, 4.69) is 17.1 Å². The van der Waals surface area contributed by atoms with Crippen LogP contribution in [0.25, 0.3) is 40.0 Å². The van der Waals surface area contributed by atoms with Crippen LogP contribution in [0.3, 0.4) is 0 Å². The van der Waals surface area contributed by atoms with Gasteiger partial charge in [-0.1, -0.05) is 144 Å². The van der Waals surface area contributed by atoms with E-state index in [9.17, 15) is 19.5 Å². The summed E-state index contributed by atoms with van der Waals surface area (Å²) >= 11 is 0. The van der Waals surface area contributed by atoms with Gasteiger partial charge in [0.25, 0.3) is 0 Å². The van der Waals surface area contributed by atoms with Crippen molar-refractivity contribution in [3.63, 3.8) is 0 Å². The summed E-state index contributed by atoms with van der Waals surface area (Å²) in [4.78, 5) is 50.5. The maximum atomic E-state index is 12.9. The second kappa shape index (κ2) is 22.9. The second-order valence-electron chi connectivity index (χ2n) is 15.1. The summed E-state index contributed by atoms with van der Waals surface area (Å²) in [7, 11) is 1.86. The van der Waals surface area contributed by atoms with Crippen LogP contribution in [0.4, 0.5) is 0 Å². The first-order valence-electron chi connectivity index (χ1n) is 20.9. The molecule has 0 saturated heterocycles. The second-order valence-corrected chi connectivity index (χ2v) is 15.1. The third-order valence-electron chi connectivity index (χ3n) is 10.5. The van der Waals surface area contributed by atoms with Gasteiger partial charge in [-0.25, -0.2) is 14.6 Å². The molecular weight excluding hydrogens is 733 g/mol. The molecule has 2 heterocycles. The molecule has 1 aromatic heterocycles. The molecule has 58 heavy (non-hydrogen) atoms. The molecular formula is C47H58N4O7. The van der Waals surface area contributed by atoms with Crippen LogP contribution in [0, 0.1) is 0 Å². The third-order valence-corrected chi connectivity index (χ3v) is 10.5. The first-order valence-corrected chi connectivity index (χ1v) is 20.9. The lowest BCUT2D eigenvalue weighted by molar-refractivity contribution is -0.148. The lowest BCUT2D eigenvalue weighted by atomic mass is 10.0. The number of aromatic nitrogens is 2. The van der Waals surface area contributed by atoms with Gasteiger partial charge >= 0.3 is 11.9 Å². The largest absolute Gasteiger partial charge is 0.482 e. The van der Waals surface area contributed by atoms with Crippen LogP contribution < -0.4 is 4.74 Å². The summed E-state index contributed by atoms with van der Waals surface area (Å²) in [5.41, 5.74) is 6.17. The molecule has 1 aliphatic heterocycles. The van der Waals surface area contributed by atoms with Crippen molar-refractivity contribution in [1.82, 2.24) is 14.9 Å². The minimum Gasteiger partial charge on any atom is -0.482 e. The number of rotatable bonds is 25. The summed E-state index contributed by atoms with van der Waals surface area (Å²) in [6, 6.07) is 22.5. The first-order chi connectivity index (χ1) is 28.2. The van der Waals surface area contributed by atoms with Crippen LogP contribution in [-0.4, -0.2) is 74.9 Å². The molecule has 0 fully saturated rings. The number of carboxylic acid groups (broad SMARTS) is 2. The van der Waals surface area contributed by atoms with E-state index in [4.69, 9.17) is 19.7 Å². The van der Waals surface area contributed by atoms with Crippen LogP contribution in [0.5, 0.6) is 5.75 Å². The fourth-order valence-corrected chi connectivity index (χ4v) is 6.99. The molecule has 11 nitrogen and oxygen atoms in total. The SMILES string of the molecule is CCCCCCCCCCCCCCCCN(C)C(=O)/C=C/c1ccc(-c2[nH]c(-c3ccc(C4=NOC(C(=O)O)C4)cc3)nc2-c2ccc(OCC(=O)O)cc2)cc1. The number of benzene rings is 3. The molecule has 0 bridgehead atoms. The Morgan fingerprint density at radius 1 is 0.759 bits per heavy atom. The molecule has 1 amide bonds. The van der Waals surface area contributed by atoms with E-state index >= 15 is 0 Å². The number of H-pyrrole nitrogens is 1. The monoisotopic (exact) mass is 790 g/mol. The minimum atomic E-state index is -1.06. The molecule has 0 saturated carbocycles. The number of aromatic amines is 1. The molecule has 1 atom stereocenters. The fourth-order valence-electron chi connectivity index (χ4n) is 6.99. The Hall–Kier alpha value is -5.71. The van der Waals surface area contributed by atoms with Gasteiger partial charge in [-0.15, -0.1) is 0 Å². The Morgan fingerprint density at radius 2 is 1.31 bits per heavy atom. The Morgan fingerprint density at radius 3 is 1.88 bits per heavy atom. The molecule has 0 aliphatic carbocycles. The van der Waals surface area contributed by atoms with Crippen molar-refractivity contribution in [2.45, 2.75) is 109 Å². The van der Waals surface area contributed by atoms with Gasteiger partial charge in [0.1, 0.15) is 11.6 Å². The quantitative estimate of drug-likeness (QED) is 0.0443. The van der Waals surface area contributed by atoms with Crippen LogP contribution >= 0.6 is 0 Å². The molecule has 308 valence electrons. The molecule has 3 N–H and O–H groups in total. The van der Waals surface area contributed by atoms with E-state index in [-0.39, 0.29) is 12.3 Å². The molecule has 4 aromatic rings. The van der Waals surface area contributed by atoms with Crippen molar-refractivity contribution in [3.8, 4) is 39.7 Å². The zero-order valence-electron chi connectivity index (χ0n) is 34.0. The summed E-state index contributed by atoms with van der Waals surface area (Å²) in [6.45, 7) is 2.57. The molecule has 1 aliphatic rings. The highest BCUT2D eigenvalue weighted by atomic mass is 16.7. The standard InChI is InChI=1S/C47H58N4O7/c1-3-4-5-6-7-8-9-10-11-12-13-14-15-16-31-51(2)42(52)30-19-34-17-20-36(21-18-34)44-45(37-26-28-39(29-27-37)57-33-43(53)54)49-46(48-44)38-24-22-35(23-25-38)40-32-41(47(55)56)58-50-40/h17-30,41H,3-16,31-33H2,1-2H3,(H,48,49)(H,53,54)(H,55,56)/b30-19+. The van der Waals surface area contributed by atoms with E-state index in [0.29, 0.717) is 23.0 Å².